The average Bonchev–Trinajstić information content (AvgIpc) is 2.58. The van der Waals surface area contributed by atoms with E-state index in [9.17, 15) is 0 Å². The van der Waals surface area contributed by atoms with E-state index in [0.717, 1.165) is 23.8 Å². The van der Waals surface area contributed by atoms with Gasteiger partial charge in [-0.15, -0.1) is 11.3 Å². The zero-order valence-corrected chi connectivity index (χ0v) is 11.2. The molecule has 17 heavy (non-hydrogen) atoms. The van der Waals surface area contributed by atoms with Crippen LogP contribution in [0.4, 0.5) is 0 Å². The Morgan fingerprint density at radius 2 is 2.12 bits per heavy atom. The van der Waals surface area contributed by atoms with Crippen LogP contribution in [0.3, 0.4) is 0 Å². The summed E-state index contributed by atoms with van der Waals surface area (Å²) in [5.41, 5.74) is 7.09. The van der Waals surface area contributed by atoms with Gasteiger partial charge in [0.2, 0.25) is 0 Å². The first-order valence-electron chi connectivity index (χ1n) is 6.21. The summed E-state index contributed by atoms with van der Waals surface area (Å²) in [6.45, 7) is 4.71. The Kier molecular flexibility index (Phi) is 4.36. The molecular formula is C12H20N4S. The van der Waals surface area contributed by atoms with E-state index in [0.29, 0.717) is 12.5 Å². The summed E-state index contributed by atoms with van der Waals surface area (Å²) in [6, 6.07) is 0. The highest BCUT2D eigenvalue weighted by molar-refractivity contribution is 7.09. The minimum absolute atomic E-state index is 0.612. The van der Waals surface area contributed by atoms with E-state index in [1.54, 1.807) is 11.3 Å². The third kappa shape index (κ3) is 3.70. The number of aliphatic imine (C=N–C) groups is 1. The van der Waals surface area contributed by atoms with Gasteiger partial charge in [-0.3, -0.25) is 0 Å². The van der Waals surface area contributed by atoms with Crippen molar-refractivity contribution < 1.29 is 0 Å². The lowest BCUT2D eigenvalue weighted by Crippen LogP contribution is -2.38. The quantitative estimate of drug-likeness (QED) is 0.648. The second-order valence-electron chi connectivity index (χ2n) is 4.46. The number of likely N-dealkylation sites (tertiary alicyclic amines) is 1. The predicted octanol–water partition coefficient (Wildman–Crippen LogP) is 2.14. The van der Waals surface area contributed by atoms with Gasteiger partial charge in [0.15, 0.2) is 5.96 Å². The van der Waals surface area contributed by atoms with Crippen molar-refractivity contribution in [3.8, 4) is 0 Å². The summed E-state index contributed by atoms with van der Waals surface area (Å²) >= 11 is 1.65. The van der Waals surface area contributed by atoms with Crippen LogP contribution in [0.1, 0.15) is 36.4 Å². The van der Waals surface area contributed by atoms with Gasteiger partial charge in [-0.05, 0) is 19.8 Å². The van der Waals surface area contributed by atoms with Crippen molar-refractivity contribution in [1.82, 2.24) is 9.88 Å². The van der Waals surface area contributed by atoms with E-state index in [1.807, 2.05) is 12.3 Å². The van der Waals surface area contributed by atoms with Crippen LogP contribution < -0.4 is 5.73 Å². The van der Waals surface area contributed by atoms with Gasteiger partial charge in [0.1, 0.15) is 5.01 Å². The van der Waals surface area contributed by atoms with Gasteiger partial charge in [-0.2, -0.15) is 0 Å². The second kappa shape index (κ2) is 6.00. The molecule has 1 fully saturated rings. The first kappa shape index (κ1) is 12.4. The minimum atomic E-state index is 0.612. The van der Waals surface area contributed by atoms with Crippen LogP contribution in [0.5, 0.6) is 0 Å². The highest BCUT2D eigenvalue weighted by Gasteiger charge is 2.10. The van der Waals surface area contributed by atoms with Crippen LogP contribution in [-0.2, 0) is 6.54 Å². The fourth-order valence-electron chi connectivity index (χ4n) is 2.02. The lowest BCUT2D eigenvalue weighted by atomic mass is 10.2. The number of hydrogen-bond donors (Lipinski definition) is 1. The van der Waals surface area contributed by atoms with Gasteiger partial charge in [-0.1, -0.05) is 12.8 Å². The maximum atomic E-state index is 6.03. The van der Waals surface area contributed by atoms with Gasteiger partial charge in [0, 0.05) is 24.2 Å². The summed E-state index contributed by atoms with van der Waals surface area (Å²) in [6.07, 6.45) is 5.09. The number of nitrogens with two attached hydrogens (primary N) is 1. The average molecular weight is 252 g/mol. The maximum Gasteiger partial charge on any atom is 0.191 e. The van der Waals surface area contributed by atoms with Crippen molar-refractivity contribution in [1.29, 1.82) is 0 Å². The second-order valence-corrected chi connectivity index (χ2v) is 5.40. The van der Waals surface area contributed by atoms with Gasteiger partial charge in [-0.25, -0.2) is 9.98 Å². The largest absolute Gasteiger partial charge is 0.370 e. The standard InChI is InChI=1S/C12H20N4S/c1-10-9-17-11(15-10)8-14-12(13)16-6-4-2-3-5-7-16/h9H,2-8H2,1H3,(H2,13,14). The van der Waals surface area contributed by atoms with Gasteiger partial charge in [0.05, 0.1) is 6.54 Å². The summed E-state index contributed by atoms with van der Waals surface area (Å²) in [4.78, 5) is 11.0. The molecule has 0 spiro atoms. The number of aromatic nitrogens is 1. The van der Waals surface area contributed by atoms with Crippen molar-refractivity contribution in [3.63, 3.8) is 0 Å². The Morgan fingerprint density at radius 3 is 2.71 bits per heavy atom. The first-order valence-corrected chi connectivity index (χ1v) is 7.09. The molecule has 0 atom stereocenters. The Labute approximate surface area is 107 Å². The molecular weight excluding hydrogens is 232 g/mol. The van der Waals surface area contributed by atoms with E-state index in [1.165, 1.54) is 25.7 Å². The van der Waals surface area contributed by atoms with E-state index in [2.05, 4.69) is 14.9 Å². The fraction of sp³-hybridized carbons (Fsp3) is 0.667. The number of rotatable bonds is 2. The maximum absolute atomic E-state index is 6.03. The normalized spacial score (nSPS) is 18.2. The van der Waals surface area contributed by atoms with E-state index in [-0.39, 0.29) is 0 Å². The Bertz CT molecular complexity index is 378. The first-order chi connectivity index (χ1) is 8.25. The van der Waals surface area contributed by atoms with Crippen LogP contribution >= 0.6 is 11.3 Å². The van der Waals surface area contributed by atoms with Gasteiger partial charge >= 0.3 is 0 Å². The molecule has 1 aromatic rings. The molecule has 2 rings (SSSR count). The molecule has 0 saturated carbocycles. The number of hydrogen-bond acceptors (Lipinski definition) is 3. The molecule has 1 aliphatic heterocycles. The number of thiazole rings is 1. The topological polar surface area (TPSA) is 54.5 Å². The Balaban J connectivity index is 1.91. The highest BCUT2D eigenvalue weighted by Crippen LogP contribution is 2.11. The third-order valence-corrected chi connectivity index (χ3v) is 3.92. The lowest BCUT2D eigenvalue weighted by molar-refractivity contribution is 0.428. The summed E-state index contributed by atoms with van der Waals surface area (Å²) in [5.74, 6) is 0.680. The molecule has 0 amide bonds. The zero-order valence-electron chi connectivity index (χ0n) is 10.4. The van der Waals surface area contributed by atoms with Crippen LogP contribution in [0.25, 0.3) is 0 Å². The molecule has 0 bridgehead atoms. The number of nitrogens with zero attached hydrogens (tertiary/aromatic N) is 3. The SMILES string of the molecule is Cc1csc(CN=C(N)N2CCCCCC2)n1. The molecule has 4 nitrogen and oxygen atoms in total. The van der Waals surface area contributed by atoms with Crippen molar-refractivity contribution in [3.05, 3.63) is 16.1 Å². The molecule has 1 aromatic heterocycles. The molecule has 1 aliphatic rings. The van der Waals surface area contributed by atoms with Crippen LogP contribution in [0.2, 0.25) is 0 Å². The van der Waals surface area contributed by atoms with Gasteiger partial charge < -0.3 is 10.6 Å². The Morgan fingerprint density at radius 1 is 1.41 bits per heavy atom. The van der Waals surface area contributed by atoms with Crippen molar-refractivity contribution >= 4 is 17.3 Å². The van der Waals surface area contributed by atoms with E-state index in [4.69, 9.17) is 5.73 Å². The molecule has 2 heterocycles. The summed E-state index contributed by atoms with van der Waals surface area (Å²) < 4.78 is 0. The zero-order chi connectivity index (χ0) is 12.1. The minimum Gasteiger partial charge on any atom is -0.370 e. The third-order valence-electron chi connectivity index (χ3n) is 2.97. The highest BCUT2D eigenvalue weighted by atomic mass is 32.1. The Hall–Kier alpha value is -1.10. The van der Waals surface area contributed by atoms with Crippen molar-refractivity contribution in [2.75, 3.05) is 13.1 Å². The smallest absolute Gasteiger partial charge is 0.191 e. The molecule has 94 valence electrons. The molecule has 1 saturated heterocycles. The van der Waals surface area contributed by atoms with Crippen molar-refractivity contribution in [2.24, 2.45) is 10.7 Å². The predicted molar refractivity (Wildman–Crippen MR) is 72.2 cm³/mol. The molecule has 0 aromatic carbocycles. The van der Waals surface area contributed by atoms with Crippen LogP contribution in [0, 0.1) is 6.92 Å². The monoisotopic (exact) mass is 252 g/mol. The molecule has 0 unspecified atom stereocenters. The number of aryl methyl sites for hydroxylation is 1. The van der Waals surface area contributed by atoms with Crippen molar-refractivity contribution in [2.45, 2.75) is 39.2 Å². The molecule has 2 N–H and O–H groups in total. The van der Waals surface area contributed by atoms with Gasteiger partial charge in [0.25, 0.3) is 0 Å². The van der Waals surface area contributed by atoms with Crippen LogP contribution in [0.15, 0.2) is 10.4 Å². The molecule has 0 aliphatic carbocycles. The number of guanidine groups is 1. The molecule has 0 radical (unpaired) electrons. The summed E-state index contributed by atoms with van der Waals surface area (Å²) in [7, 11) is 0. The molecule has 5 heteroatoms. The van der Waals surface area contributed by atoms with Crippen LogP contribution in [-0.4, -0.2) is 28.9 Å². The fourth-order valence-corrected chi connectivity index (χ4v) is 2.72. The lowest BCUT2D eigenvalue weighted by Gasteiger charge is -2.20. The van der Waals surface area contributed by atoms with E-state index >= 15 is 0 Å². The summed E-state index contributed by atoms with van der Waals surface area (Å²) in [5, 5.41) is 3.09. The van der Waals surface area contributed by atoms with E-state index < -0.39 is 0 Å².